The van der Waals surface area contributed by atoms with E-state index in [0.29, 0.717) is 5.92 Å². The molecule has 0 radical (unpaired) electrons. The van der Waals surface area contributed by atoms with Crippen molar-refractivity contribution in [3.8, 4) is 0 Å². The van der Waals surface area contributed by atoms with Crippen molar-refractivity contribution in [1.82, 2.24) is 5.32 Å². The van der Waals surface area contributed by atoms with Gasteiger partial charge < -0.3 is 10.6 Å². The van der Waals surface area contributed by atoms with Gasteiger partial charge in [0.25, 0.3) is 0 Å². The smallest absolute Gasteiger partial charge is 0.0376 e. The van der Waals surface area contributed by atoms with Crippen LogP contribution in [0.3, 0.4) is 0 Å². The van der Waals surface area contributed by atoms with Crippen LogP contribution in [0.25, 0.3) is 0 Å². The molecule has 2 heteroatoms. The van der Waals surface area contributed by atoms with E-state index < -0.39 is 0 Å². The van der Waals surface area contributed by atoms with Gasteiger partial charge in [-0.1, -0.05) is 19.9 Å². The second-order valence-electron chi connectivity index (χ2n) is 4.54. The maximum Gasteiger partial charge on any atom is 0.0376 e. The lowest BCUT2D eigenvalue weighted by Crippen LogP contribution is -2.24. The molecule has 1 heterocycles. The van der Waals surface area contributed by atoms with Crippen LogP contribution >= 0.6 is 0 Å². The maximum absolute atomic E-state index is 3.43. The Morgan fingerprint density at radius 3 is 2.80 bits per heavy atom. The van der Waals surface area contributed by atoms with Crippen LogP contribution in [0.4, 0.5) is 5.69 Å². The largest absolute Gasteiger partial charge is 0.388 e. The molecule has 2 nitrogen and oxygen atoms in total. The normalized spacial score (nSPS) is 15.2. The third-order valence-corrected chi connectivity index (χ3v) is 3.17. The van der Waals surface area contributed by atoms with Gasteiger partial charge in [-0.25, -0.2) is 0 Å². The minimum Gasteiger partial charge on any atom is -0.388 e. The van der Waals surface area contributed by atoms with Gasteiger partial charge in [-0.3, -0.25) is 0 Å². The van der Waals surface area contributed by atoms with Gasteiger partial charge in [0.1, 0.15) is 0 Å². The molecule has 0 spiro atoms. The van der Waals surface area contributed by atoms with E-state index in [-0.39, 0.29) is 0 Å². The van der Waals surface area contributed by atoms with E-state index in [1.165, 1.54) is 22.4 Å². The molecule has 0 aliphatic carbocycles. The summed E-state index contributed by atoms with van der Waals surface area (Å²) in [7, 11) is 2.02. The van der Waals surface area contributed by atoms with Crippen LogP contribution in [0.1, 0.15) is 36.5 Å². The third-order valence-electron chi connectivity index (χ3n) is 3.17. The van der Waals surface area contributed by atoms with Gasteiger partial charge in [0.05, 0.1) is 0 Å². The molecule has 0 bridgehead atoms. The van der Waals surface area contributed by atoms with Crippen molar-refractivity contribution in [1.29, 1.82) is 0 Å². The average Bonchev–Trinajstić information content (AvgIpc) is 2.27. The minimum atomic E-state index is 0.601. The highest BCUT2D eigenvalue weighted by Crippen LogP contribution is 2.28. The lowest BCUT2D eigenvalue weighted by molar-refractivity contribution is 0.642. The summed E-state index contributed by atoms with van der Waals surface area (Å²) in [5, 5.41) is 6.75. The summed E-state index contributed by atoms with van der Waals surface area (Å²) in [4.78, 5) is 0. The minimum absolute atomic E-state index is 0.601. The summed E-state index contributed by atoms with van der Waals surface area (Å²) in [6, 6.07) is 4.65. The van der Waals surface area contributed by atoms with Crippen molar-refractivity contribution in [2.45, 2.75) is 32.7 Å². The van der Waals surface area contributed by atoms with Crippen LogP contribution in [0.15, 0.2) is 12.1 Å². The first kappa shape index (κ1) is 10.5. The van der Waals surface area contributed by atoms with E-state index >= 15 is 0 Å². The first-order chi connectivity index (χ1) is 7.22. The Hall–Kier alpha value is -1.02. The number of nitrogens with one attached hydrogen (secondary N) is 2. The summed E-state index contributed by atoms with van der Waals surface area (Å²) in [5.41, 5.74) is 5.72. The Labute approximate surface area is 92.1 Å². The molecule has 0 fully saturated rings. The highest BCUT2D eigenvalue weighted by atomic mass is 14.9. The van der Waals surface area contributed by atoms with Gasteiger partial charge in [-0.2, -0.15) is 0 Å². The van der Waals surface area contributed by atoms with Crippen molar-refractivity contribution < 1.29 is 0 Å². The Bertz CT molecular complexity index is 339. The molecular weight excluding hydrogens is 184 g/mol. The van der Waals surface area contributed by atoms with Gasteiger partial charge in [0, 0.05) is 19.3 Å². The molecule has 2 N–H and O–H groups in total. The second-order valence-corrected chi connectivity index (χ2v) is 4.54. The molecule has 0 amide bonds. The lowest BCUT2D eigenvalue weighted by atomic mass is 9.92. The standard InChI is InChI=1S/C13H20N2/c1-9(2)10-6-11-8-15-5-4-12(11)13(7-10)14-3/h6-7,9,14-15H,4-5,8H2,1-3H3. The summed E-state index contributed by atoms with van der Waals surface area (Å²) < 4.78 is 0. The molecule has 0 atom stereocenters. The molecule has 1 aromatic carbocycles. The number of hydrogen-bond donors (Lipinski definition) is 2. The molecular formula is C13H20N2. The highest BCUT2D eigenvalue weighted by molar-refractivity contribution is 5.58. The van der Waals surface area contributed by atoms with Gasteiger partial charge in [0.2, 0.25) is 0 Å². The van der Waals surface area contributed by atoms with E-state index in [2.05, 4.69) is 36.6 Å². The fourth-order valence-electron chi connectivity index (χ4n) is 2.20. The number of rotatable bonds is 2. The Balaban J connectivity index is 2.48. The molecule has 82 valence electrons. The average molecular weight is 204 g/mol. The predicted octanol–water partition coefficient (Wildman–Crippen LogP) is 2.50. The third kappa shape index (κ3) is 2.00. The first-order valence-electron chi connectivity index (χ1n) is 5.76. The van der Waals surface area contributed by atoms with Crippen LogP contribution in [-0.4, -0.2) is 13.6 Å². The fourth-order valence-corrected chi connectivity index (χ4v) is 2.20. The number of fused-ring (bicyclic) bond motifs is 1. The van der Waals surface area contributed by atoms with Crippen molar-refractivity contribution >= 4 is 5.69 Å². The highest BCUT2D eigenvalue weighted by Gasteiger charge is 2.14. The van der Waals surface area contributed by atoms with Crippen LogP contribution < -0.4 is 10.6 Å². The second kappa shape index (κ2) is 4.23. The maximum atomic E-state index is 3.43. The molecule has 0 unspecified atom stereocenters. The number of benzene rings is 1. The predicted molar refractivity (Wildman–Crippen MR) is 65.5 cm³/mol. The summed E-state index contributed by atoms with van der Waals surface area (Å²) in [6.07, 6.45) is 1.14. The van der Waals surface area contributed by atoms with E-state index in [0.717, 1.165) is 19.5 Å². The molecule has 1 aliphatic heterocycles. The molecule has 0 aromatic heterocycles. The zero-order valence-corrected chi connectivity index (χ0v) is 9.85. The zero-order valence-electron chi connectivity index (χ0n) is 9.85. The first-order valence-corrected chi connectivity index (χ1v) is 5.76. The van der Waals surface area contributed by atoms with Gasteiger partial charge in [-0.15, -0.1) is 0 Å². The molecule has 0 saturated carbocycles. The van der Waals surface area contributed by atoms with Crippen LogP contribution in [0.5, 0.6) is 0 Å². The van der Waals surface area contributed by atoms with E-state index in [4.69, 9.17) is 0 Å². The summed E-state index contributed by atoms with van der Waals surface area (Å²) >= 11 is 0. The van der Waals surface area contributed by atoms with Crippen LogP contribution in [0.2, 0.25) is 0 Å². The molecule has 2 rings (SSSR count). The van der Waals surface area contributed by atoms with Gasteiger partial charge in [-0.05, 0) is 41.6 Å². The summed E-state index contributed by atoms with van der Waals surface area (Å²) in [5.74, 6) is 0.601. The molecule has 1 aromatic rings. The number of anilines is 1. The van der Waals surface area contributed by atoms with Gasteiger partial charge in [0.15, 0.2) is 0 Å². The molecule has 0 saturated heterocycles. The lowest BCUT2D eigenvalue weighted by Gasteiger charge is -2.22. The van der Waals surface area contributed by atoms with E-state index in [1.807, 2.05) is 7.05 Å². The van der Waals surface area contributed by atoms with Crippen LogP contribution in [-0.2, 0) is 13.0 Å². The Kier molecular flexibility index (Phi) is 2.96. The summed E-state index contributed by atoms with van der Waals surface area (Å²) in [6.45, 7) is 6.61. The quantitative estimate of drug-likeness (QED) is 0.773. The fraction of sp³-hybridized carbons (Fsp3) is 0.538. The topological polar surface area (TPSA) is 24.1 Å². The molecule has 1 aliphatic rings. The number of hydrogen-bond acceptors (Lipinski definition) is 2. The van der Waals surface area contributed by atoms with E-state index in [9.17, 15) is 0 Å². The Morgan fingerprint density at radius 2 is 2.13 bits per heavy atom. The van der Waals surface area contributed by atoms with Gasteiger partial charge >= 0.3 is 0 Å². The Morgan fingerprint density at radius 1 is 1.33 bits per heavy atom. The van der Waals surface area contributed by atoms with Crippen molar-refractivity contribution in [3.63, 3.8) is 0 Å². The van der Waals surface area contributed by atoms with E-state index in [1.54, 1.807) is 0 Å². The van der Waals surface area contributed by atoms with Crippen molar-refractivity contribution in [2.75, 3.05) is 18.9 Å². The van der Waals surface area contributed by atoms with Crippen molar-refractivity contribution in [3.05, 3.63) is 28.8 Å². The van der Waals surface area contributed by atoms with Crippen LogP contribution in [0, 0.1) is 0 Å². The SMILES string of the molecule is CNc1cc(C(C)C)cc2c1CCNC2. The molecule has 15 heavy (non-hydrogen) atoms. The van der Waals surface area contributed by atoms with Crippen molar-refractivity contribution in [2.24, 2.45) is 0 Å². The zero-order chi connectivity index (χ0) is 10.8. The monoisotopic (exact) mass is 204 g/mol.